The summed E-state index contributed by atoms with van der Waals surface area (Å²) in [5, 5.41) is 30.4. The minimum Gasteiger partial charge on any atom is -0.508 e. The first-order valence-corrected chi connectivity index (χ1v) is 19.5. The predicted octanol–water partition coefficient (Wildman–Crippen LogP) is -0.448. The monoisotopic (exact) mass is 788 g/mol. The van der Waals surface area contributed by atoms with Crippen LogP contribution in [0.4, 0.5) is 0 Å². The molecule has 1 saturated heterocycles. The Balaban J connectivity index is 2.36. The second-order valence-corrected chi connectivity index (χ2v) is 14.9. The van der Waals surface area contributed by atoms with Crippen molar-refractivity contribution in [1.29, 1.82) is 0 Å². The molecule has 314 valence electrons. The number of likely N-dealkylation sites (tertiary alicyclic amines) is 1. The molecule has 1 aromatic carbocycles. The van der Waals surface area contributed by atoms with Crippen LogP contribution >= 0.6 is 0 Å². The zero-order valence-electron chi connectivity index (χ0n) is 33.2. The molecule has 0 radical (unpaired) electrons. The molecule has 0 unspecified atom stereocenters. The number of aliphatic imine (C=N–C) groups is 1. The van der Waals surface area contributed by atoms with Crippen molar-refractivity contribution in [1.82, 2.24) is 26.2 Å². The number of nitrogens with one attached hydrogen (secondary N) is 4. The summed E-state index contributed by atoms with van der Waals surface area (Å²) in [4.78, 5) is 86.0. The molecule has 18 heteroatoms. The minimum absolute atomic E-state index is 0.00163. The maximum Gasteiger partial charge on any atom is 0.326 e. The third-order valence-electron chi connectivity index (χ3n) is 9.83. The molecule has 1 aliphatic rings. The van der Waals surface area contributed by atoms with Gasteiger partial charge in [0.1, 0.15) is 36.0 Å². The molecule has 2 rings (SSSR count). The molecule has 1 aromatic rings. The van der Waals surface area contributed by atoms with Gasteiger partial charge in [0.2, 0.25) is 29.5 Å². The Kier molecular flexibility index (Phi) is 20.1. The highest BCUT2D eigenvalue weighted by Crippen LogP contribution is 2.21. The van der Waals surface area contributed by atoms with E-state index in [1.54, 1.807) is 19.1 Å². The van der Waals surface area contributed by atoms with Crippen LogP contribution in [0.3, 0.4) is 0 Å². The number of hydrogen-bond acceptors (Lipinski definition) is 10. The number of benzene rings is 1. The molecule has 1 fully saturated rings. The summed E-state index contributed by atoms with van der Waals surface area (Å²) in [6.07, 6.45) is 3.55. The Hall–Kier alpha value is -4.97. The first kappa shape index (κ1) is 47.2. The first-order chi connectivity index (χ1) is 26.5. The largest absolute Gasteiger partial charge is 0.508 e. The van der Waals surface area contributed by atoms with Gasteiger partial charge in [0.25, 0.3) is 0 Å². The highest BCUT2D eigenvalue weighted by atomic mass is 16.4. The van der Waals surface area contributed by atoms with Gasteiger partial charge in [-0.2, -0.15) is 0 Å². The van der Waals surface area contributed by atoms with E-state index >= 15 is 0 Å². The van der Waals surface area contributed by atoms with Gasteiger partial charge < -0.3 is 59.3 Å². The molecule has 56 heavy (non-hydrogen) atoms. The zero-order valence-corrected chi connectivity index (χ0v) is 33.2. The lowest BCUT2D eigenvalue weighted by molar-refractivity contribution is -0.143. The summed E-state index contributed by atoms with van der Waals surface area (Å²) >= 11 is 0. The van der Waals surface area contributed by atoms with Crippen LogP contribution in [0.25, 0.3) is 0 Å². The minimum atomic E-state index is -1.24. The number of nitrogens with two attached hydrogens (primary N) is 4. The van der Waals surface area contributed by atoms with E-state index in [2.05, 4.69) is 26.3 Å². The molecule has 5 amide bonds. The molecular weight excluding hydrogens is 724 g/mol. The van der Waals surface area contributed by atoms with E-state index in [1.807, 2.05) is 20.8 Å². The van der Waals surface area contributed by atoms with E-state index in [0.717, 1.165) is 0 Å². The molecule has 0 aliphatic carbocycles. The number of aliphatic carboxylic acids is 1. The zero-order chi connectivity index (χ0) is 41.9. The fraction of sp³-hybridized carbons (Fsp3) is 0.658. The average Bonchev–Trinajstić information content (AvgIpc) is 3.64. The van der Waals surface area contributed by atoms with Gasteiger partial charge in [-0.05, 0) is 81.0 Å². The van der Waals surface area contributed by atoms with E-state index in [4.69, 9.17) is 22.9 Å². The molecule has 0 aromatic heterocycles. The Morgan fingerprint density at radius 1 is 0.875 bits per heavy atom. The Morgan fingerprint density at radius 2 is 1.54 bits per heavy atom. The number of unbranched alkanes of at least 4 members (excludes halogenated alkanes) is 1. The van der Waals surface area contributed by atoms with E-state index in [-0.39, 0.29) is 56.4 Å². The highest BCUT2D eigenvalue weighted by molar-refractivity contribution is 5.96. The number of rotatable bonds is 24. The molecule has 0 saturated carbocycles. The summed E-state index contributed by atoms with van der Waals surface area (Å²) < 4.78 is 0. The van der Waals surface area contributed by atoms with Crippen molar-refractivity contribution in [3.63, 3.8) is 0 Å². The third kappa shape index (κ3) is 15.6. The van der Waals surface area contributed by atoms with E-state index in [9.17, 15) is 39.0 Å². The maximum absolute atomic E-state index is 14.1. The Morgan fingerprint density at radius 3 is 2.12 bits per heavy atom. The number of aromatic hydroxyl groups is 1. The van der Waals surface area contributed by atoms with Crippen molar-refractivity contribution in [2.45, 2.75) is 128 Å². The number of amides is 5. The number of carboxylic acid groups (broad SMARTS) is 1. The third-order valence-corrected chi connectivity index (χ3v) is 9.83. The lowest BCUT2D eigenvalue weighted by Gasteiger charge is -2.31. The first-order valence-electron chi connectivity index (χ1n) is 19.5. The molecule has 0 spiro atoms. The number of nitrogens with zero attached hydrogens (tertiary/aromatic N) is 2. The van der Waals surface area contributed by atoms with Crippen molar-refractivity contribution < 1.29 is 39.0 Å². The maximum atomic E-state index is 14.1. The van der Waals surface area contributed by atoms with Crippen LogP contribution in [-0.2, 0) is 35.2 Å². The van der Waals surface area contributed by atoms with Crippen molar-refractivity contribution in [3.8, 4) is 5.75 Å². The number of carbonyl (C=O) groups excluding carboxylic acids is 5. The standard InChI is InChI=1S/C38H64N10O8/c1-5-23(4)31(35(53)46-29(37(55)56)20-22(2)3)47-33(51)28(21-24-13-15-25(49)16-14-24)45-34(52)30-12-9-19-48(30)36(54)27(11-8-18-43-38(41)42)44-32(50)26(40)10-6-7-17-39/h13-16,22-23,26-31,49H,5-12,17-21,39-40H2,1-4H3,(H,44,50)(H,45,52)(H,46,53)(H,47,51)(H,55,56)(H4,41,42,43)/t23-,26+,27-,28-,29-,30-,31-/m0/s1. The molecular formula is C38H64N10O8. The molecule has 1 heterocycles. The average molecular weight is 789 g/mol. The number of phenolic OH excluding ortho intramolecular Hbond substituents is 1. The van der Waals surface area contributed by atoms with Gasteiger partial charge in [-0.1, -0.05) is 52.7 Å². The SMILES string of the molecule is CC[C@H](C)[C@H](NC(=O)[C@H](Cc1ccc(O)cc1)NC(=O)[C@@H]1CCCN1C(=O)[C@H](CCCN=C(N)N)NC(=O)[C@H](N)CCCCN)C(=O)N[C@@H](CC(C)C)C(=O)O. The van der Waals surface area contributed by atoms with Crippen molar-refractivity contribution in [3.05, 3.63) is 29.8 Å². The smallest absolute Gasteiger partial charge is 0.326 e. The predicted molar refractivity (Wildman–Crippen MR) is 212 cm³/mol. The van der Waals surface area contributed by atoms with Crippen LogP contribution in [0.5, 0.6) is 5.75 Å². The molecule has 0 bridgehead atoms. The number of carboxylic acids is 1. The van der Waals surface area contributed by atoms with E-state index < -0.39 is 77.7 Å². The topological polar surface area (TPSA) is 311 Å². The summed E-state index contributed by atoms with van der Waals surface area (Å²) in [6, 6.07) is -0.397. The van der Waals surface area contributed by atoms with Crippen LogP contribution in [0.2, 0.25) is 0 Å². The van der Waals surface area contributed by atoms with E-state index in [0.29, 0.717) is 50.6 Å². The van der Waals surface area contributed by atoms with Gasteiger partial charge in [0.05, 0.1) is 6.04 Å². The Labute approximate surface area is 329 Å². The fourth-order valence-corrected chi connectivity index (χ4v) is 6.44. The number of hydrogen-bond donors (Lipinski definition) is 10. The number of guanidine groups is 1. The quantitative estimate of drug-likeness (QED) is 0.0362. The van der Waals surface area contributed by atoms with Crippen molar-refractivity contribution in [2.24, 2.45) is 39.8 Å². The van der Waals surface area contributed by atoms with Crippen LogP contribution in [0, 0.1) is 11.8 Å². The second kappa shape index (κ2) is 23.8. The molecule has 14 N–H and O–H groups in total. The van der Waals surface area contributed by atoms with Gasteiger partial charge in [0.15, 0.2) is 5.96 Å². The van der Waals surface area contributed by atoms with Crippen molar-refractivity contribution in [2.75, 3.05) is 19.6 Å². The molecule has 7 atom stereocenters. The van der Waals surface area contributed by atoms with Gasteiger partial charge in [0, 0.05) is 19.5 Å². The molecule has 1 aliphatic heterocycles. The molecule has 18 nitrogen and oxygen atoms in total. The highest BCUT2D eigenvalue weighted by Gasteiger charge is 2.40. The normalized spacial score (nSPS) is 17.1. The van der Waals surface area contributed by atoms with Gasteiger partial charge in [-0.3, -0.25) is 29.0 Å². The second-order valence-electron chi connectivity index (χ2n) is 14.9. The lowest BCUT2D eigenvalue weighted by Crippen LogP contribution is -2.60. The van der Waals surface area contributed by atoms with Gasteiger partial charge >= 0.3 is 5.97 Å². The summed E-state index contributed by atoms with van der Waals surface area (Å²) in [7, 11) is 0. The van der Waals surface area contributed by atoms with E-state index in [1.165, 1.54) is 17.0 Å². The van der Waals surface area contributed by atoms with Gasteiger partial charge in [-0.15, -0.1) is 0 Å². The summed E-state index contributed by atoms with van der Waals surface area (Å²) in [6.45, 7) is 8.11. The fourth-order valence-electron chi connectivity index (χ4n) is 6.44. The Bertz CT molecular complexity index is 1490. The van der Waals surface area contributed by atoms with Crippen LogP contribution in [-0.4, -0.2) is 112 Å². The number of phenols is 1. The van der Waals surface area contributed by atoms with Crippen LogP contribution < -0.4 is 44.2 Å². The summed E-state index contributed by atoms with van der Waals surface area (Å²) in [5.74, 6) is -4.77. The van der Waals surface area contributed by atoms with Crippen molar-refractivity contribution >= 4 is 41.5 Å². The van der Waals surface area contributed by atoms with Gasteiger partial charge in [-0.25, -0.2) is 4.79 Å². The van der Waals surface area contributed by atoms with Crippen LogP contribution in [0.15, 0.2) is 29.3 Å². The number of carbonyl (C=O) groups is 6. The van der Waals surface area contributed by atoms with Crippen LogP contribution in [0.1, 0.15) is 91.0 Å². The lowest BCUT2D eigenvalue weighted by atomic mass is 9.96. The summed E-state index contributed by atoms with van der Waals surface area (Å²) in [5.41, 5.74) is 23.2.